The summed E-state index contributed by atoms with van der Waals surface area (Å²) >= 11 is 6.03. The van der Waals surface area contributed by atoms with Gasteiger partial charge in [-0.25, -0.2) is 8.42 Å². The Morgan fingerprint density at radius 1 is 1.15 bits per heavy atom. The summed E-state index contributed by atoms with van der Waals surface area (Å²) in [5, 5.41) is 5.46. The third kappa shape index (κ3) is 5.18. The number of halogens is 1. The number of hydrogen-bond acceptors (Lipinski definition) is 4. The van der Waals surface area contributed by atoms with Gasteiger partial charge in [0.25, 0.3) is 5.91 Å². The smallest absolute Gasteiger partial charge is 0.255 e. The van der Waals surface area contributed by atoms with E-state index in [0.29, 0.717) is 12.1 Å². The van der Waals surface area contributed by atoms with Gasteiger partial charge in [0.15, 0.2) is 9.84 Å². The highest BCUT2D eigenvalue weighted by atomic mass is 35.5. The zero-order valence-electron chi connectivity index (χ0n) is 14.0. The Morgan fingerprint density at radius 3 is 2.38 bits per heavy atom. The van der Waals surface area contributed by atoms with Gasteiger partial charge >= 0.3 is 0 Å². The van der Waals surface area contributed by atoms with Gasteiger partial charge < -0.3 is 10.6 Å². The van der Waals surface area contributed by atoms with Gasteiger partial charge in [-0.05, 0) is 42.0 Å². The summed E-state index contributed by atoms with van der Waals surface area (Å²) in [5.41, 5.74) is 1.39. The molecule has 0 aromatic heterocycles. The molecular formula is C18H17ClN2O4S. The largest absolute Gasteiger partial charge is 0.348 e. The van der Waals surface area contributed by atoms with E-state index in [1.54, 1.807) is 24.3 Å². The Balaban J connectivity index is 2.13. The van der Waals surface area contributed by atoms with E-state index in [0.717, 1.165) is 11.8 Å². The van der Waals surface area contributed by atoms with Crippen molar-refractivity contribution in [2.24, 2.45) is 0 Å². The minimum Gasteiger partial charge on any atom is -0.348 e. The molecule has 8 heteroatoms. The Bertz CT molecular complexity index is 954. The minimum atomic E-state index is -3.42. The van der Waals surface area contributed by atoms with Crippen molar-refractivity contribution in [1.82, 2.24) is 5.32 Å². The second-order valence-electron chi connectivity index (χ2n) is 5.49. The standard InChI is InChI=1S/C18H17ClN2O4S/c1-3-17(22)20-11-12-4-6-13(7-5-12)18(23)21-16-10-14(26(2,24)25)8-9-15(16)19/h3-10H,1,11H2,2H3,(H,20,22)(H,21,23). The molecule has 0 saturated heterocycles. The van der Waals surface area contributed by atoms with Crippen LogP contribution >= 0.6 is 11.6 Å². The molecule has 2 N–H and O–H groups in total. The van der Waals surface area contributed by atoms with E-state index < -0.39 is 15.7 Å². The third-order valence-corrected chi connectivity index (χ3v) is 4.92. The molecule has 6 nitrogen and oxygen atoms in total. The van der Waals surface area contributed by atoms with Crippen LogP contribution in [-0.2, 0) is 21.2 Å². The number of benzene rings is 2. The van der Waals surface area contributed by atoms with Crippen molar-refractivity contribution in [1.29, 1.82) is 0 Å². The lowest BCUT2D eigenvalue weighted by molar-refractivity contribution is -0.116. The molecule has 0 fully saturated rings. The molecule has 0 aliphatic rings. The van der Waals surface area contributed by atoms with Gasteiger partial charge in [0.1, 0.15) is 0 Å². The molecule has 0 aliphatic heterocycles. The normalized spacial score (nSPS) is 10.8. The number of hydrogen-bond donors (Lipinski definition) is 2. The maximum Gasteiger partial charge on any atom is 0.255 e. The van der Waals surface area contributed by atoms with Crippen molar-refractivity contribution in [2.75, 3.05) is 11.6 Å². The summed E-state index contributed by atoms with van der Waals surface area (Å²) in [7, 11) is -3.42. The second kappa shape index (κ2) is 8.16. The Morgan fingerprint density at radius 2 is 1.81 bits per heavy atom. The van der Waals surface area contributed by atoms with Crippen LogP contribution in [0.3, 0.4) is 0 Å². The predicted molar refractivity (Wildman–Crippen MR) is 101 cm³/mol. The number of amides is 2. The van der Waals surface area contributed by atoms with E-state index in [4.69, 9.17) is 11.6 Å². The molecule has 0 aliphatic carbocycles. The Kier molecular flexibility index (Phi) is 6.18. The lowest BCUT2D eigenvalue weighted by Crippen LogP contribution is -2.20. The van der Waals surface area contributed by atoms with Crippen LogP contribution in [0.2, 0.25) is 5.02 Å². The molecular weight excluding hydrogens is 376 g/mol. The minimum absolute atomic E-state index is 0.0607. The van der Waals surface area contributed by atoms with Gasteiger partial charge in [0.05, 0.1) is 15.6 Å². The van der Waals surface area contributed by atoms with Crippen LogP contribution in [0.15, 0.2) is 60.0 Å². The number of carbonyl (C=O) groups excluding carboxylic acids is 2. The fourth-order valence-corrected chi connectivity index (χ4v) is 2.87. The van der Waals surface area contributed by atoms with Gasteiger partial charge in [-0.2, -0.15) is 0 Å². The van der Waals surface area contributed by atoms with Crippen molar-refractivity contribution in [3.05, 3.63) is 71.3 Å². The molecule has 2 amide bonds. The van der Waals surface area contributed by atoms with Crippen LogP contribution in [0, 0.1) is 0 Å². The summed E-state index contributed by atoms with van der Waals surface area (Å²) in [6.07, 6.45) is 2.25. The van der Waals surface area contributed by atoms with E-state index >= 15 is 0 Å². The van der Waals surface area contributed by atoms with Gasteiger partial charge in [-0.15, -0.1) is 0 Å². The average Bonchev–Trinajstić information content (AvgIpc) is 2.60. The van der Waals surface area contributed by atoms with Crippen LogP contribution in [0.25, 0.3) is 0 Å². The molecule has 26 heavy (non-hydrogen) atoms. The summed E-state index contributed by atoms with van der Waals surface area (Å²) in [5.74, 6) is -0.716. The van der Waals surface area contributed by atoms with Crippen molar-refractivity contribution >= 4 is 38.9 Å². The van der Waals surface area contributed by atoms with Crippen molar-refractivity contribution < 1.29 is 18.0 Å². The Labute approximate surface area is 156 Å². The van der Waals surface area contributed by atoms with Crippen molar-refractivity contribution in [2.45, 2.75) is 11.4 Å². The van der Waals surface area contributed by atoms with E-state index in [-0.39, 0.29) is 21.5 Å². The lowest BCUT2D eigenvalue weighted by Gasteiger charge is -2.10. The summed E-state index contributed by atoms with van der Waals surface area (Å²) < 4.78 is 23.3. The van der Waals surface area contributed by atoms with E-state index in [9.17, 15) is 18.0 Å². The summed E-state index contributed by atoms with van der Waals surface area (Å²) in [6.45, 7) is 3.68. The SMILES string of the molecule is C=CC(=O)NCc1ccc(C(=O)Nc2cc(S(C)(=O)=O)ccc2Cl)cc1. The molecule has 0 spiro atoms. The number of rotatable bonds is 6. The van der Waals surface area contributed by atoms with Crippen molar-refractivity contribution in [3.63, 3.8) is 0 Å². The number of sulfone groups is 1. The highest BCUT2D eigenvalue weighted by molar-refractivity contribution is 7.90. The van der Waals surface area contributed by atoms with Crippen LogP contribution in [0.5, 0.6) is 0 Å². The van der Waals surface area contributed by atoms with Crippen molar-refractivity contribution in [3.8, 4) is 0 Å². The molecule has 0 bridgehead atoms. The van der Waals surface area contributed by atoms with Crippen LogP contribution < -0.4 is 10.6 Å². The highest BCUT2D eigenvalue weighted by Gasteiger charge is 2.13. The lowest BCUT2D eigenvalue weighted by atomic mass is 10.1. The van der Waals surface area contributed by atoms with Crippen LogP contribution in [-0.4, -0.2) is 26.5 Å². The number of anilines is 1. The average molecular weight is 393 g/mol. The first-order chi connectivity index (χ1) is 12.2. The third-order valence-electron chi connectivity index (χ3n) is 3.48. The quantitative estimate of drug-likeness (QED) is 0.739. The van der Waals surface area contributed by atoms with E-state index in [1.807, 2.05) is 0 Å². The molecule has 2 rings (SSSR count). The van der Waals surface area contributed by atoms with Gasteiger partial charge in [0.2, 0.25) is 5.91 Å². The van der Waals surface area contributed by atoms with Crippen LogP contribution in [0.1, 0.15) is 15.9 Å². The molecule has 2 aromatic rings. The molecule has 0 saturated carbocycles. The van der Waals surface area contributed by atoms with Crippen LogP contribution in [0.4, 0.5) is 5.69 Å². The molecule has 136 valence electrons. The van der Waals surface area contributed by atoms with Gasteiger partial charge in [0, 0.05) is 18.4 Å². The van der Waals surface area contributed by atoms with E-state index in [1.165, 1.54) is 24.3 Å². The summed E-state index contributed by atoms with van der Waals surface area (Å²) in [6, 6.07) is 10.7. The monoisotopic (exact) mass is 392 g/mol. The fourth-order valence-electron chi connectivity index (χ4n) is 2.06. The molecule has 0 unspecified atom stereocenters. The van der Waals surface area contributed by atoms with E-state index in [2.05, 4.69) is 17.2 Å². The summed E-state index contributed by atoms with van der Waals surface area (Å²) in [4.78, 5) is 23.6. The topological polar surface area (TPSA) is 92.3 Å². The second-order valence-corrected chi connectivity index (χ2v) is 7.91. The molecule has 2 aromatic carbocycles. The predicted octanol–water partition coefficient (Wildman–Crippen LogP) is 2.80. The fraction of sp³-hybridized carbons (Fsp3) is 0.111. The van der Waals surface area contributed by atoms with Gasteiger partial charge in [-0.1, -0.05) is 30.3 Å². The zero-order valence-corrected chi connectivity index (χ0v) is 15.5. The number of nitrogens with one attached hydrogen (secondary N) is 2. The van der Waals surface area contributed by atoms with Gasteiger partial charge in [-0.3, -0.25) is 9.59 Å². The zero-order chi connectivity index (χ0) is 19.3. The molecule has 0 radical (unpaired) electrons. The number of carbonyl (C=O) groups is 2. The Hall–Kier alpha value is -2.64. The first-order valence-electron chi connectivity index (χ1n) is 7.51. The molecule has 0 atom stereocenters. The first kappa shape index (κ1) is 19.7. The molecule has 0 heterocycles. The maximum absolute atomic E-state index is 12.3. The highest BCUT2D eigenvalue weighted by Crippen LogP contribution is 2.25. The maximum atomic E-state index is 12.3. The first-order valence-corrected chi connectivity index (χ1v) is 9.78.